The van der Waals surface area contributed by atoms with E-state index in [0.29, 0.717) is 45.1 Å². The van der Waals surface area contributed by atoms with Crippen molar-refractivity contribution < 1.29 is 37.1 Å². The molecule has 0 aliphatic carbocycles. The van der Waals surface area contributed by atoms with Gasteiger partial charge in [0.25, 0.3) is 5.91 Å². The number of nitrogens with two attached hydrogens (primary N) is 1. The number of amides is 4. The van der Waals surface area contributed by atoms with Crippen LogP contribution >= 0.6 is 0 Å². The molecular formula is C27H35F3N4O5. The number of likely N-dealkylation sites (tertiary alicyclic amines) is 1. The molecule has 0 spiro atoms. The lowest BCUT2D eigenvalue weighted by Gasteiger charge is -2.42. The van der Waals surface area contributed by atoms with Crippen molar-refractivity contribution in [2.75, 3.05) is 6.54 Å². The summed E-state index contributed by atoms with van der Waals surface area (Å²) in [5.41, 5.74) is 4.08. The lowest BCUT2D eigenvalue weighted by atomic mass is 9.83. The van der Waals surface area contributed by atoms with Crippen molar-refractivity contribution in [1.29, 1.82) is 0 Å². The van der Waals surface area contributed by atoms with E-state index in [1.54, 1.807) is 25.7 Å². The topological polar surface area (TPSA) is 122 Å². The predicted octanol–water partition coefficient (Wildman–Crippen LogP) is 3.46. The molecule has 3 heterocycles. The fraction of sp³-hybridized carbons (Fsp3) is 0.630. The van der Waals surface area contributed by atoms with Crippen LogP contribution in [0.4, 0.5) is 18.0 Å². The van der Waals surface area contributed by atoms with Gasteiger partial charge in [-0.3, -0.25) is 14.4 Å². The van der Waals surface area contributed by atoms with Gasteiger partial charge in [-0.2, -0.15) is 13.2 Å². The van der Waals surface area contributed by atoms with E-state index >= 15 is 0 Å². The van der Waals surface area contributed by atoms with Crippen molar-refractivity contribution in [2.45, 2.75) is 95.2 Å². The smallest absolute Gasteiger partial charge is 0.416 e. The average Bonchev–Trinajstić information content (AvgIpc) is 3.43. The first-order valence-electron chi connectivity index (χ1n) is 13.2. The molecular weight excluding hydrogens is 517 g/mol. The van der Waals surface area contributed by atoms with Gasteiger partial charge in [0.15, 0.2) is 0 Å². The van der Waals surface area contributed by atoms with Crippen molar-refractivity contribution in [1.82, 2.24) is 15.1 Å². The highest BCUT2D eigenvalue weighted by molar-refractivity contribution is 5.95. The third kappa shape index (κ3) is 6.30. The predicted molar refractivity (Wildman–Crippen MR) is 134 cm³/mol. The molecule has 39 heavy (non-hydrogen) atoms. The van der Waals surface area contributed by atoms with Crippen LogP contribution in [0, 0.1) is 5.92 Å². The Morgan fingerprint density at radius 2 is 1.59 bits per heavy atom. The van der Waals surface area contributed by atoms with Crippen molar-refractivity contribution in [3.05, 3.63) is 35.4 Å². The van der Waals surface area contributed by atoms with Gasteiger partial charge in [0, 0.05) is 24.2 Å². The van der Waals surface area contributed by atoms with Crippen molar-refractivity contribution in [3.8, 4) is 0 Å². The summed E-state index contributed by atoms with van der Waals surface area (Å²) < 4.78 is 44.3. The van der Waals surface area contributed by atoms with Crippen molar-refractivity contribution in [3.63, 3.8) is 0 Å². The second-order valence-corrected chi connectivity index (χ2v) is 11.6. The number of ether oxygens (including phenoxy) is 1. The Bertz CT molecular complexity index is 1100. The molecule has 3 fully saturated rings. The minimum absolute atomic E-state index is 0.166. The highest BCUT2D eigenvalue weighted by Crippen LogP contribution is 2.41. The molecule has 4 atom stereocenters. The van der Waals surface area contributed by atoms with Gasteiger partial charge in [-0.05, 0) is 89.5 Å². The van der Waals surface area contributed by atoms with Gasteiger partial charge in [0.1, 0.15) is 17.7 Å². The molecule has 12 heteroatoms. The van der Waals surface area contributed by atoms with Gasteiger partial charge in [0.05, 0.1) is 5.56 Å². The Hall–Kier alpha value is -3.31. The standard InChI is InChI=1S/C27H35F3N4O5/c1-26(2,3)39-25(38)32-21(24(37)33-12-4-5-20(33)22(31)35)16-13-18-10-11-19(14-16)34(18)23(36)15-6-8-17(9-7-15)27(28,29)30/h6-9,16,18-21H,4-5,10-14H2,1-3H3,(H2,31,35)(H,32,38)/t16?,18?,19?,20-,21-/m0/s1. The number of hydrogen-bond acceptors (Lipinski definition) is 5. The summed E-state index contributed by atoms with van der Waals surface area (Å²) in [5.74, 6) is -1.71. The Balaban J connectivity index is 1.53. The van der Waals surface area contributed by atoms with E-state index in [9.17, 15) is 32.3 Å². The molecule has 9 nitrogen and oxygen atoms in total. The molecule has 3 saturated heterocycles. The highest BCUT2D eigenvalue weighted by Gasteiger charge is 2.49. The quantitative estimate of drug-likeness (QED) is 0.580. The lowest BCUT2D eigenvalue weighted by Crippen LogP contribution is -2.59. The largest absolute Gasteiger partial charge is 0.444 e. The number of alkyl halides is 3. The molecule has 2 unspecified atom stereocenters. The molecule has 0 aromatic heterocycles. The fourth-order valence-corrected chi connectivity index (χ4v) is 6.09. The van der Waals surface area contributed by atoms with E-state index in [-0.39, 0.29) is 29.5 Å². The first-order valence-corrected chi connectivity index (χ1v) is 13.2. The third-order valence-electron chi connectivity index (χ3n) is 7.74. The van der Waals surface area contributed by atoms with E-state index in [1.165, 1.54) is 17.0 Å². The first kappa shape index (κ1) is 28.7. The number of fused-ring (bicyclic) bond motifs is 2. The van der Waals surface area contributed by atoms with Crippen LogP contribution in [0.2, 0.25) is 0 Å². The summed E-state index contributed by atoms with van der Waals surface area (Å²) in [5, 5.41) is 2.73. The first-order chi connectivity index (χ1) is 18.2. The molecule has 3 aliphatic heterocycles. The minimum Gasteiger partial charge on any atom is -0.444 e. The minimum atomic E-state index is -4.50. The third-order valence-corrected chi connectivity index (χ3v) is 7.74. The monoisotopic (exact) mass is 552 g/mol. The summed E-state index contributed by atoms with van der Waals surface area (Å²) in [6.07, 6.45) is -2.02. The number of nitrogens with one attached hydrogen (secondary N) is 1. The number of carbonyl (C=O) groups is 4. The second kappa shape index (κ2) is 10.7. The molecule has 0 saturated carbocycles. The van der Waals surface area contributed by atoms with Crippen molar-refractivity contribution in [2.24, 2.45) is 11.7 Å². The van der Waals surface area contributed by atoms with Gasteiger partial charge in [0.2, 0.25) is 11.8 Å². The average molecular weight is 553 g/mol. The number of hydrogen-bond donors (Lipinski definition) is 2. The van der Waals surface area contributed by atoms with Crippen LogP contribution in [0.1, 0.15) is 75.2 Å². The van der Waals surface area contributed by atoms with E-state index in [2.05, 4.69) is 5.32 Å². The zero-order chi connectivity index (χ0) is 28.7. The van der Waals surface area contributed by atoms with Gasteiger partial charge >= 0.3 is 12.3 Å². The summed E-state index contributed by atoms with van der Waals surface area (Å²) in [6, 6.07) is 1.94. The zero-order valence-electron chi connectivity index (χ0n) is 22.3. The Labute approximate surface area is 225 Å². The number of alkyl carbamates (subject to hydrolysis) is 1. The molecule has 4 amide bonds. The van der Waals surface area contributed by atoms with Crippen LogP contribution < -0.4 is 11.1 Å². The normalized spacial score (nSPS) is 25.8. The number of benzene rings is 1. The molecule has 3 N–H and O–H groups in total. The summed E-state index contributed by atoms with van der Waals surface area (Å²) in [4.78, 5) is 54.9. The molecule has 214 valence electrons. The molecule has 3 aliphatic rings. The Kier molecular flexibility index (Phi) is 7.86. The second-order valence-electron chi connectivity index (χ2n) is 11.6. The number of halogens is 3. The number of carbonyl (C=O) groups excluding carboxylic acids is 4. The van der Waals surface area contributed by atoms with Gasteiger partial charge in [-0.1, -0.05) is 0 Å². The van der Waals surface area contributed by atoms with Crippen LogP contribution in [-0.2, 0) is 20.5 Å². The Morgan fingerprint density at radius 1 is 1.00 bits per heavy atom. The summed E-state index contributed by atoms with van der Waals surface area (Å²) >= 11 is 0. The van der Waals surface area contributed by atoms with Crippen molar-refractivity contribution >= 4 is 23.8 Å². The van der Waals surface area contributed by atoms with Gasteiger partial charge in [-0.25, -0.2) is 4.79 Å². The molecule has 1 aromatic rings. The molecule has 4 rings (SSSR count). The van der Waals surface area contributed by atoms with Gasteiger partial charge in [-0.15, -0.1) is 0 Å². The number of piperidine rings is 1. The maximum atomic E-state index is 13.7. The van der Waals surface area contributed by atoms with Crippen LogP contribution in [0.25, 0.3) is 0 Å². The number of primary amides is 1. The van der Waals surface area contributed by atoms with Crippen LogP contribution in [0.5, 0.6) is 0 Å². The SMILES string of the molecule is CC(C)(C)OC(=O)N[C@H](C(=O)N1CCC[C@H]1C(N)=O)C1CC2CCC(C1)N2C(=O)c1ccc(C(F)(F)F)cc1. The fourth-order valence-electron chi connectivity index (χ4n) is 6.09. The molecule has 0 radical (unpaired) electrons. The highest BCUT2D eigenvalue weighted by atomic mass is 19.4. The number of nitrogens with zero attached hydrogens (tertiary/aromatic N) is 2. The molecule has 2 bridgehead atoms. The Morgan fingerprint density at radius 3 is 2.10 bits per heavy atom. The van der Waals surface area contributed by atoms with E-state index in [4.69, 9.17) is 10.5 Å². The van der Waals surface area contributed by atoms with Crippen LogP contribution in [0.3, 0.4) is 0 Å². The summed E-state index contributed by atoms with van der Waals surface area (Å²) in [6.45, 7) is 5.47. The van der Waals surface area contributed by atoms with Crippen LogP contribution in [-0.4, -0.2) is 69.9 Å². The maximum absolute atomic E-state index is 13.7. The van der Waals surface area contributed by atoms with Gasteiger partial charge < -0.3 is 25.6 Å². The van der Waals surface area contributed by atoms with E-state index in [1.807, 2.05) is 0 Å². The molecule has 1 aromatic carbocycles. The van der Waals surface area contributed by atoms with Crippen LogP contribution in [0.15, 0.2) is 24.3 Å². The maximum Gasteiger partial charge on any atom is 0.416 e. The lowest BCUT2D eigenvalue weighted by molar-refractivity contribution is -0.140. The zero-order valence-corrected chi connectivity index (χ0v) is 22.3. The van der Waals surface area contributed by atoms with E-state index < -0.39 is 47.3 Å². The van der Waals surface area contributed by atoms with E-state index in [0.717, 1.165) is 12.1 Å². The number of rotatable bonds is 5. The summed E-state index contributed by atoms with van der Waals surface area (Å²) in [7, 11) is 0.